The number of hydrogen-bond acceptors (Lipinski definition) is 5. The molecule has 29 heavy (non-hydrogen) atoms. The van der Waals surface area contributed by atoms with Crippen molar-refractivity contribution >= 4 is 11.2 Å². The van der Waals surface area contributed by atoms with Gasteiger partial charge >= 0.3 is 6.18 Å². The number of hydrogen-bond donors (Lipinski definition) is 1. The minimum atomic E-state index is -4.53. The van der Waals surface area contributed by atoms with Gasteiger partial charge in [0.15, 0.2) is 5.65 Å². The summed E-state index contributed by atoms with van der Waals surface area (Å²) in [5, 5.41) is 14.8. The highest BCUT2D eigenvalue weighted by molar-refractivity contribution is 5.77. The molecule has 2 bridgehead atoms. The molecule has 1 atom stereocenters. The van der Waals surface area contributed by atoms with Crippen molar-refractivity contribution in [2.75, 3.05) is 6.61 Å². The normalized spacial score (nSPS) is 26.5. The summed E-state index contributed by atoms with van der Waals surface area (Å²) in [4.78, 5) is 8.81. The summed E-state index contributed by atoms with van der Waals surface area (Å²) in [7, 11) is 0. The summed E-state index contributed by atoms with van der Waals surface area (Å²) in [6.45, 7) is 4.20. The van der Waals surface area contributed by atoms with Gasteiger partial charge in [-0.05, 0) is 50.3 Å². The Hall–Kier alpha value is -2.68. The molecule has 1 aromatic carbocycles. The van der Waals surface area contributed by atoms with Gasteiger partial charge in [0.05, 0.1) is 41.9 Å². The van der Waals surface area contributed by atoms with Crippen molar-refractivity contribution in [3.05, 3.63) is 35.7 Å². The van der Waals surface area contributed by atoms with Crippen molar-refractivity contribution in [3.8, 4) is 17.0 Å². The molecule has 3 fully saturated rings. The van der Waals surface area contributed by atoms with Gasteiger partial charge in [0.25, 0.3) is 0 Å². The Bertz CT molecular complexity index is 1090. The van der Waals surface area contributed by atoms with Crippen molar-refractivity contribution in [2.24, 2.45) is 5.92 Å². The molecule has 1 N–H and O–H groups in total. The molecule has 1 aliphatic carbocycles. The molecule has 9 heteroatoms. The van der Waals surface area contributed by atoms with Crippen molar-refractivity contribution in [1.82, 2.24) is 19.7 Å². The van der Waals surface area contributed by atoms with E-state index in [0.29, 0.717) is 29.8 Å². The van der Waals surface area contributed by atoms with Crippen LogP contribution in [0.2, 0.25) is 0 Å². The second-order valence-corrected chi connectivity index (χ2v) is 8.25. The molecule has 152 valence electrons. The minimum Gasteiger partial charge on any atom is -0.507 e. The van der Waals surface area contributed by atoms with E-state index in [1.54, 1.807) is 0 Å². The second kappa shape index (κ2) is 5.91. The lowest BCUT2D eigenvalue weighted by atomic mass is 9.66. The molecule has 6 rings (SSSR count). The molecule has 3 aromatic rings. The number of phenolic OH excluding ortho intramolecular Hbond substituents is 1. The average Bonchev–Trinajstić information content (AvgIpc) is 3.03. The zero-order valence-corrected chi connectivity index (χ0v) is 15.9. The van der Waals surface area contributed by atoms with Gasteiger partial charge in [0.2, 0.25) is 0 Å². The third-order valence-electron chi connectivity index (χ3n) is 6.02. The zero-order valence-electron chi connectivity index (χ0n) is 15.9. The van der Waals surface area contributed by atoms with E-state index in [-0.39, 0.29) is 28.5 Å². The molecule has 2 aromatic heterocycles. The standard InChI is InChI=1S/C20H19F3N4O2/c1-10-3-12(20(21,22)23)4-16(28)17(10)13-7-24-14-8-27(26-18(14)25-13)15-9-29-19(2)5-11(15)6-19/h3-4,7-8,11,15,28H,5-6,9H2,1-2H3/t11?,15-,19?/m1/s1. The maximum Gasteiger partial charge on any atom is 0.416 e. The predicted molar refractivity (Wildman–Crippen MR) is 98.3 cm³/mol. The zero-order chi connectivity index (χ0) is 20.6. The van der Waals surface area contributed by atoms with Crippen molar-refractivity contribution in [3.63, 3.8) is 0 Å². The largest absolute Gasteiger partial charge is 0.507 e. The lowest BCUT2D eigenvalue weighted by molar-refractivity contribution is -0.192. The quantitative estimate of drug-likeness (QED) is 0.691. The van der Waals surface area contributed by atoms with Crippen LogP contribution in [0.15, 0.2) is 24.5 Å². The molecule has 1 saturated carbocycles. The first-order chi connectivity index (χ1) is 13.6. The summed E-state index contributed by atoms with van der Waals surface area (Å²) >= 11 is 0. The first kappa shape index (κ1) is 18.4. The molecule has 2 saturated heterocycles. The lowest BCUT2D eigenvalue weighted by Crippen LogP contribution is -2.53. The van der Waals surface area contributed by atoms with Crippen LogP contribution in [0.1, 0.15) is 36.9 Å². The van der Waals surface area contributed by atoms with Crippen molar-refractivity contribution < 1.29 is 23.0 Å². The van der Waals surface area contributed by atoms with E-state index in [0.717, 1.165) is 18.9 Å². The number of ether oxygens (including phenoxy) is 1. The summed E-state index contributed by atoms with van der Waals surface area (Å²) in [5.41, 5.74) is 0.827. The fraction of sp³-hybridized carbons (Fsp3) is 0.450. The van der Waals surface area contributed by atoms with Crippen LogP contribution in [-0.4, -0.2) is 37.1 Å². The number of nitrogens with zero attached hydrogens (tertiary/aromatic N) is 4. The summed E-state index contributed by atoms with van der Waals surface area (Å²) < 4.78 is 46.7. The van der Waals surface area contributed by atoms with E-state index in [1.165, 1.54) is 13.1 Å². The highest BCUT2D eigenvalue weighted by Gasteiger charge is 2.50. The number of fused-ring (bicyclic) bond motifs is 3. The fourth-order valence-corrected chi connectivity index (χ4v) is 4.53. The molecular formula is C20H19F3N4O2. The van der Waals surface area contributed by atoms with Crippen LogP contribution in [0.25, 0.3) is 22.4 Å². The molecular weight excluding hydrogens is 385 g/mol. The van der Waals surface area contributed by atoms with Gasteiger partial charge in [-0.25, -0.2) is 9.97 Å². The predicted octanol–water partition coefficient (Wildman–Crippen LogP) is 4.27. The average molecular weight is 404 g/mol. The Labute approximate surface area is 164 Å². The highest BCUT2D eigenvalue weighted by Crippen LogP contribution is 2.51. The van der Waals surface area contributed by atoms with Crippen LogP contribution in [0.4, 0.5) is 13.2 Å². The first-order valence-corrected chi connectivity index (χ1v) is 9.40. The van der Waals surface area contributed by atoms with Crippen molar-refractivity contribution in [1.29, 1.82) is 0 Å². The number of benzene rings is 1. The Morgan fingerprint density at radius 1 is 1.28 bits per heavy atom. The van der Waals surface area contributed by atoms with Crippen LogP contribution in [0.3, 0.4) is 0 Å². The fourth-order valence-electron chi connectivity index (χ4n) is 4.53. The third-order valence-corrected chi connectivity index (χ3v) is 6.02. The number of aromatic hydroxyl groups is 1. The van der Waals surface area contributed by atoms with E-state index < -0.39 is 17.5 Å². The molecule has 2 aliphatic heterocycles. The Morgan fingerprint density at radius 3 is 2.66 bits per heavy atom. The van der Waals surface area contributed by atoms with Crippen molar-refractivity contribution in [2.45, 2.75) is 44.5 Å². The number of aromatic nitrogens is 4. The topological polar surface area (TPSA) is 73.1 Å². The number of aryl methyl sites for hydroxylation is 1. The van der Waals surface area contributed by atoms with Crippen LogP contribution in [0.5, 0.6) is 5.75 Å². The second-order valence-electron chi connectivity index (χ2n) is 8.25. The Balaban J connectivity index is 1.51. The number of alkyl halides is 3. The molecule has 4 heterocycles. The maximum absolute atomic E-state index is 13.0. The SMILES string of the molecule is Cc1cc(C(F)(F)F)cc(O)c1-c1cnc2cn([C@@H]3COC4(C)CC3C4)nc2n1. The Morgan fingerprint density at radius 2 is 2.03 bits per heavy atom. The van der Waals surface area contributed by atoms with E-state index in [9.17, 15) is 18.3 Å². The smallest absolute Gasteiger partial charge is 0.416 e. The van der Waals surface area contributed by atoms with E-state index >= 15 is 0 Å². The first-order valence-electron chi connectivity index (χ1n) is 9.40. The van der Waals surface area contributed by atoms with Gasteiger partial charge in [-0.15, -0.1) is 0 Å². The molecule has 0 radical (unpaired) electrons. The summed E-state index contributed by atoms with van der Waals surface area (Å²) in [6.07, 6.45) is 0.730. The van der Waals surface area contributed by atoms with Gasteiger partial charge in [0.1, 0.15) is 11.3 Å². The number of rotatable bonds is 2. The lowest BCUT2D eigenvalue weighted by Gasteiger charge is -2.53. The summed E-state index contributed by atoms with van der Waals surface area (Å²) in [5.74, 6) is 0.0172. The third kappa shape index (κ3) is 2.95. The van der Waals surface area contributed by atoms with E-state index in [1.807, 2.05) is 10.9 Å². The molecule has 0 spiro atoms. The molecule has 6 nitrogen and oxygen atoms in total. The maximum atomic E-state index is 13.0. The van der Waals surface area contributed by atoms with E-state index in [4.69, 9.17) is 4.74 Å². The highest BCUT2D eigenvalue weighted by atomic mass is 19.4. The van der Waals surface area contributed by atoms with Gasteiger partial charge in [-0.1, -0.05) is 0 Å². The minimum absolute atomic E-state index is 0.00492. The van der Waals surface area contributed by atoms with Crippen LogP contribution >= 0.6 is 0 Å². The molecule has 0 unspecified atom stereocenters. The summed E-state index contributed by atoms with van der Waals surface area (Å²) in [6, 6.07) is 1.82. The monoisotopic (exact) mass is 404 g/mol. The van der Waals surface area contributed by atoms with Gasteiger partial charge in [-0.3, -0.25) is 4.68 Å². The molecule has 0 amide bonds. The molecule has 3 aliphatic rings. The van der Waals surface area contributed by atoms with Gasteiger partial charge in [0, 0.05) is 5.56 Å². The van der Waals surface area contributed by atoms with Crippen LogP contribution in [0, 0.1) is 12.8 Å². The van der Waals surface area contributed by atoms with E-state index in [2.05, 4.69) is 22.0 Å². The van der Waals surface area contributed by atoms with Crippen LogP contribution < -0.4 is 0 Å². The number of phenols is 1. The van der Waals surface area contributed by atoms with Crippen LogP contribution in [-0.2, 0) is 10.9 Å². The number of halogens is 3. The van der Waals surface area contributed by atoms with Gasteiger partial charge in [-0.2, -0.15) is 18.3 Å². The Kier molecular flexibility index (Phi) is 3.74. The van der Waals surface area contributed by atoms with Gasteiger partial charge < -0.3 is 9.84 Å².